The summed E-state index contributed by atoms with van der Waals surface area (Å²) in [6.07, 6.45) is 9.47. The SMILES string of the molecule is CN(CC1(O)CCCCC1)C1CCCC1CN. The summed E-state index contributed by atoms with van der Waals surface area (Å²) in [5.41, 5.74) is 5.42. The molecule has 0 aromatic rings. The molecule has 2 atom stereocenters. The highest BCUT2D eigenvalue weighted by molar-refractivity contribution is 4.90. The van der Waals surface area contributed by atoms with E-state index in [0.29, 0.717) is 12.0 Å². The van der Waals surface area contributed by atoms with Gasteiger partial charge in [0.05, 0.1) is 5.60 Å². The predicted octanol–water partition coefficient (Wildman–Crippen LogP) is 1.74. The lowest BCUT2D eigenvalue weighted by Gasteiger charge is -2.39. The number of hydrogen-bond acceptors (Lipinski definition) is 3. The molecule has 0 aromatic heterocycles. The van der Waals surface area contributed by atoms with E-state index < -0.39 is 5.60 Å². The molecule has 2 fully saturated rings. The van der Waals surface area contributed by atoms with Crippen molar-refractivity contribution in [1.82, 2.24) is 4.90 Å². The molecule has 0 amide bonds. The molecule has 0 heterocycles. The molecule has 17 heavy (non-hydrogen) atoms. The average molecular weight is 240 g/mol. The van der Waals surface area contributed by atoms with Crippen molar-refractivity contribution in [3.8, 4) is 0 Å². The van der Waals surface area contributed by atoms with Crippen molar-refractivity contribution in [2.75, 3.05) is 20.1 Å². The van der Waals surface area contributed by atoms with Gasteiger partial charge in [-0.3, -0.25) is 0 Å². The van der Waals surface area contributed by atoms with Gasteiger partial charge in [0.25, 0.3) is 0 Å². The van der Waals surface area contributed by atoms with Gasteiger partial charge >= 0.3 is 0 Å². The van der Waals surface area contributed by atoms with Crippen LogP contribution in [0.3, 0.4) is 0 Å². The van der Waals surface area contributed by atoms with E-state index in [4.69, 9.17) is 5.73 Å². The topological polar surface area (TPSA) is 49.5 Å². The van der Waals surface area contributed by atoms with Gasteiger partial charge in [-0.25, -0.2) is 0 Å². The van der Waals surface area contributed by atoms with E-state index in [0.717, 1.165) is 25.9 Å². The van der Waals surface area contributed by atoms with Crippen LogP contribution in [0.2, 0.25) is 0 Å². The fourth-order valence-electron chi connectivity index (χ4n) is 3.82. The maximum atomic E-state index is 10.6. The van der Waals surface area contributed by atoms with Crippen molar-refractivity contribution >= 4 is 0 Å². The Hall–Kier alpha value is -0.120. The van der Waals surface area contributed by atoms with Crippen LogP contribution in [-0.2, 0) is 0 Å². The Morgan fingerprint density at radius 3 is 2.53 bits per heavy atom. The molecular formula is C14H28N2O. The zero-order valence-electron chi connectivity index (χ0n) is 11.2. The first-order valence-electron chi connectivity index (χ1n) is 7.27. The zero-order valence-corrected chi connectivity index (χ0v) is 11.2. The molecule has 3 N–H and O–H groups in total. The van der Waals surface area contributed by atoms with Gasteiger partial charge in [-0.05, 0) is 45.2 Å². The maximum Gasteiger partial charge on any atom is 0.0774 e. The van der Waals surface area contributed by atoms with Gasteiger partial charge in [0.1, 0.15) is 0 Å². The Bertz CT molecular complexity index is 238. The number of nitrogens with zero attached hydrogens (tertiary/aromatic N) is 1. The van der Waals surface area contributed by atoms with Crippen LogP contribution < -0.4 is 5.73 Å². The van der Waals surface area contributed by atoms with Crippen LogP contribution in [-0.4, -0.2) is 41.8 Å². The predicted molar refractivity (Wildman–Crippen MR) is 70.8 cm³/mol. The second kappa shape index (κ2) is 5.68. The van der Waals surface area contributed by atoms with Crippen molar-refractivity contribution in [1.29, 1.82) is 0 Å². The Kier molecular flexibility index (Phi) is 4.45. The van der Waals surface area contributed by atoms with Gasteiger partial charge in [-0.2, -0.15) is 0 Å². The normalized spacial score (nSPS) is 33.2. The molecular weight excluding hydrogens is 212 g/mol. The Morgan fingerprint density at radius 2 is 1.88 bits per heavy atom. The lowest BCUT2D eigenvalue weighted by Crippen LogP contribution is -2.48. The van der Waals surface area contributed by atoms with E-state index in [2.05, 4.69) is 11.9 Å². The minimum absolute atomic E-state index is 0.422. The molecule has 2 unspecified atom stereocenters. The summed E-state index contributed by atoms with van der Waals surface area (Å²) in [5.74, 6) is 0.646. The van der Waals surface area contributed by atoms with E-state index in [1.165, 1.54) is 38.5 Å². The summed E-state index contributed by atoms with van der Waals surface area (Å²) >= 11 is 0. The van der Waals surface area contributed by atoms with Crippen LogP contribution >= 0.6 is 0 Å². The number of rotatable bonds is 4. The summed E-state index contributed by atoms with van der Waals surface area (Å²) in [6, 6.07) is 0.603. The van der Waals surface area contributed by atoms with E-state index in [-0.39, 0.29) is 0 Å². The van der Waals surface area contributed by atoms with Crippen molar-refractivity contribution < 1.29 is 5.11 Å². The summed E-state index contributed by atoms with van der Waals surface area (Å²) in [6.45, 7) is 1.64. The molecule has 0 spiro atoms. The van der Waals surface area contributed by atoms with Gasteiger partial charge in [0.15, 0.2) is 0 Å². The molecule has 0 aromatic carbocycles. The highest BCUT2D eigenvalue weighted by atomic mass is 16.3. The summed E-state index contributed by atoms with van der Waals surface area (Å²) in [7, 11) is 2.17. The van der Waals surface area contributed by atoms with Gasteiger partial charge in [-0.15, -0.1) is 0 Å². The van der Waals surface area contributed by atoms with Crippen LogP contribution in [0.4, 0.5) is 0 Å². The molecule has 0 aliphatic heterocycles. The third kappa shape index (κ3) is 3.21. The first kappa shape index (κ1) is 13.3. The number of nitrogens with two attached hydrogens (primary N) is 1. The molecule has 2 aliphatic rings. The molecule has 100 valence electrons. The summed E-state index contributed by atoms with van der Waals surface area (Å²) in [4.78, 5) is 2.38. The fraction of sp³-hybridized carbons (Fsp3) is 1.00. The molecule has 2 rings (SSSR count). The van der Waals surface area contributed by atoms with Crippen LogP contribution in [0, 0.1) is 5.92 Å². The quantitative estimate of drug-likeness (QED) is 0.787. The minimum Gasteiger partial charge on any atom is -0.389 e. The summed E-state index contributed by atoms with van der Waals surface area (Å²) < 4.78 is 0. The summed E-state index contributed by atoms with van der Waals surface area (Å²) in [5, 5.41) is 10.6. The average Bonchev–Trinajstić information content (AvgIpc) is 2.77. The fourth-order valence-corrected chi connectivity index (χ4v) is 3.82. The van der Waals surface area contributed by atoms with Crippen LogP contribution in [0.5, 0.6) is 0 Å². The maximum absolute atomic E-state index is 10.6. The molecule has 0 saturated heterocycles. The highest BCUT2D eigenvalue weighted by Crippen LogP contribution is 2.33. The van der Waals surface area contributed by atoms with Gasteiger partial charge in [0.2, 0.25) is 0 Å². The van der Waals surface area contributed by atoms with Crippen LogP contribution in [0.1, 0.15) is 51.4 Å². The van der Waals surface area contributed by atoms with E-state index in [9.17, 15) is 5.11 Å². The lowest BCUT2D eigenvalue weighted by molar-refractivity contribution is -0.0321. The first-order valence-corrected chi connectivity index (χ1v) is 7.27. The second-order valence-corrected chi connectivity index (χ2v) is 6.19. The van der Waals surface area contributed by atoms with Crippen LogP contribution in [0.15, 0.2) is 0 Å². The number of hydrogen-bond donors (Lipinski definition) is 2. The Labute approximate surface area is 105 Å². The Balaban J connectivity index is 1.89. The molecule has 2 aliphatic carbocycles. The largest absolute Gasteiger partial charge is 0.389 e. The number of aliphatic hydroxyl groups is 1. The smallest absolute Gasteiger partial charge is 0.0774 e. The first-order chi connectivity index (χ1) is 8.14. The van der Waals surface area contributed by atoms with Crippen molar-refractivity contribution in [2.24, 2.45) is 11.7 Å². The van der Waals surface area contributed by atoms with E-state index in [1.807, 2.05) is 0 Å². The Morgan fingerprint density at radius 1 is 1.18 bits per heavy atom. The molecule has 0 bridgehead atoms. The van der Waals surface area contributed by atoms with E-state index in [1.54, 1.807) is 0 Å². The van der Waals surface area contributed by atoms with Gasteiger partial charge < -0.3 is 15.7 Å². The van der Waals surface area contributed by atoms with Crippen molar-refractivity contribution in [2.45, 2.75) is 63.0 Å². The van der Waals surface area contributed by atoms with Crippen molar-refractivity contribution in [3.05, 3.63) is 0 Å². The monoisotopic (exact) mass is 240 g/mol. The molecule has 3 heteroatoms. The van der Waals surface area contributed by atoms with Gasteiger partial charge in [-0.1, -0.05) is 25.7 Å². The van der Waals surface area contributed by atoms with Gasteiger partial charge in [0, 0.05) is 12.6 Å². The highest BCUT2D eigenvalue weighted by Gasteiger charge is 2.35. The molecule has 2 saturated carbocycles. The van der Waals surface area contributed by atoms with E-state index >= 15 is 0 Å². The zero-order chi connectivity index (χ0) is 12.3. The lowest BCUT2D eigenvalue weighted by atomic mass is 9.84. The standard InChI is InChI=1S/C14H28N2O/c1-16(13-7-5-6-12(13)10-15)11-14(17)8-3-2-4-9-14/h12-13,17H,2-11,15H2,1H3. The molecule has 3 nitrogen and oxygen atoms in total. The third-order valence-corrected chi connectivity index (χ3v) is 4.82. The third-order valence-electron chi connectivity index (χ3n) is 4.82. The minimum atomic E-state index is -0.422. The van der Waals surface area contributed by atoms with Crippen LogP contribution in [0.25, 0.3) is 0 Å². The number of likely N-dealkylation sites (N-methyl/N-ethyl adjacent to an activating group) is 1. The second-order valence-electron chi connectivity index (χ2n) is 6.19. The molecule has 0 radical (unpaired) electrons. The van der Waals surface area contributed by atoms with Crippen molar-refractivity contribution in [3.63, 3.8) is 0 Å².